The fourth-order valence-electron chi connectivity index (χ4n) is 2.57. The quantitative estimate of drug-likeness (QED) is 0.624. The van der Waals surface area contributed by atoms with Gasteiger partial charge in [0.25, 0.3) is 0 Å². The van der Waals surface area contributed by atoms with Crippen molar-refractivity contribution < 1.29 is 29.9 Å². The molecule has 0 unspecified atom stereocenters. The van der Waals surface area contributed by atoms with Crippen molar-refractivity contribution >= 4 is 26.7 Å². The summed E-state index contributed by atoms with van der Waals surface area (Å²) in [5.41, 5.74) is 0. The molecule has 2 aromatic carbocycles. The number of ether oxygens (including phenoxy) is 2. The van der Waals surface area contributed by atoms with Gasteiger partial charge in [0.05, 0.1) is 6.61 Å². The van der Waals surface area contributed by atoms with Gasteiger partial charge >= 0.3 is 0 Å². The molecule has 0 amide bonds. The molecule has 0 aromatic heterocycles. The van der Waals surface area contributed by atoms with Crippen molar-refractivity contribution in [1.82, 2.24) is 0 Å². The number of halogens is 1. The van der Waals surface area contributed by atoms with Crippen LogP contribution in [-0.4, -0.2) is 57.7 Å². The van der Waals surface area contributed by atoms with E-state index in [1.807, 2.05) is 24.3 Å². The highest BCUT2D eigenvalue weighted by Crippen LogP contribution is 2.28. The van der Waals surface area contributed by atoms with E-state index in [1.165, 1.54) is 0 Å². The molecule has 1 fully saturated rings. The van der Waals surface area contributed by atoms with Gasteiger partial charge in [-0.3, -0.25) is 0 Å². The molecule has 1 heterocycles. The molecule has 3 rings (SSSR count). The molecular formula is C16H17BrO6. The van der Waals surface area contributed by atoms with Gasteiger partial charge in [-0.05, 0) is 35.0 Å². The zero-order valence-electron chi connectivity index (χ0n) is 12.0. The third kappa shape index (κ3) is 3.35. The third-order valence-corrected chi connectivity index (χ3v) is 4.37. The summed E-state index contributed by atoms with van der Waals surface area (Å²) in [6.45, 7) is -0.490. The molecule has 4 N–H and O–H groups in total. The predicted octanol–water partition coefficient (Wildman–Crippen LogP) is 0.781. The topological polar surface area (TPSA) is 99.4 Å². The number of fused-ring (bicyclic) bond motifs is 1. The first-order valence-corrected chi connectivity index (χ1v) is 7.95. The summed E-state index contributed by atoms with van der Waals surface area (Å²) in [5.74, 6) is 0.448. The van der Waals surface area contributed by atoms with E-state index >= 15 is 0 Å². The van der Waals surface area contributed by atoms with Crippen molar-refractivity contribution in [2.45, 2.75) is 30.7 Å². The van der Waals surface area contributed by atoms with E-state index < -0.39 is 37.3 Å². The second kappa shape index (κ2) is 6.72. The molecule has 0 saturated carbocycles. The van der Waals surface area contributed by atoms with Crippen molar-refractivity contribution in [3.8, 4) is 5.75 Å². The van der Waals surface area contributed by atoms with Crippen molar-refractivity contribution in [2.75, 3.05) is 6.61 Å². The Bertz CT molecular complexity index is 691. The van der Waals surface area contributed by atoms with Crippen LogP contribution >= 0.6 is 15.9 Å². The molecule has 6 nitrogen and oxygen atoms in total. The van der Waals surface area contributed by atoms with E-state index in [9.17, 15) is 20.4 Å². The molecule has 5 atom stereocenters. The first-order chi connectivity index (χ1) is 11.0. The fourth-order valence-corrected chi connectivity index (χ4v) is 2.95. The number of aliphatic hydroxyl groups excluding tert-OH is 4. The highest BCUT2D eigenvalue weighted by atomic mass is 79.9. The molecular weight excluding hydrogens is 368 g/mol. The van der Waals surface area contributed by atoms with Crippen molar-refractivity contribution in [1.29, 1.82) is 0 Å². The number of hydrogen-bond donors (Lipinski definition) is 4. The van der Waals surface area contributed by atoms with E-state index in [-0.39, 0.29) is 0 Å². The average Bonchev–Trinajstić information content (AvgIpc) is 2.55. The standard InChI is InChI=1S/C16H17BrO6/c17-10-3-1-9-6-11(4-2-8(9)5-10)22-16-15(21)14(20)13(19)12(7-18)23-16/h1-6,12-16,18-21H,7H2/t12-,13-,14-,15-,16+/m0/s1. The van der Waals surface area contributed by atoms with Gasteiger partial charge in [-0.1, -0.05) is 28.1 Å². The minimum atomic E-state index is -1.46. The van der Waals surface area contributed by atoms with Crippen LogP contribution in [0.1, 0.15) is 0 Å². The van der Waals surface area contributed by atoms with Crippen LogP contribution in [-0.2, 0) is 4.74 Å². The van der Waals surface area contributed by atoms with Crippen LogP contribution in [0.4, 0.5) is 0 Å². The van der Waals surface area contributed by atoms with Gasteiger partial charge in [0.15, 0.2) is 0 Å². The number of rotatable bonds is 3. The molecule has 1 aliphatic rings. The highest BCUT2D eigenvalue weighted by molar-refractivity contribution is 9.10. The summed E-state index contributed by atoms with van der Waals surface area (Å²) in [4.78, 5) is 0. The number of aliphatic hydroxyl groups is 4. The molecule has 0 aliphatic carbocycles. The van der Waals surface area contributed by atoms with Crippen LogP contribution in [0.25, 0.3) is 10.8 Å². The monoisotopic (exact) mass is 384 g/mol. The molecule has 7 heteroatoms. The lowest BCUT2D eigenvalue weighted by molar-refractivity contribution is -0.277. The van der Waals surface area contributed by atoms with Crippen LogP contribution in [0.5, 0.6) is 5.75 Å². The third-order valence-electron chi connectivity index (χ3n) is 3.87. The maximum atomic E-state index is 9.98. The zero-order valence-corrected chi connectivity index (χ0v) is 13.6. The minimum Gasteiger partial charge on any atom is -0.462 e. The maximum absolute atomic E-state index is 9.98. The number of benzene rings is 2. The summed E-state index contributed by atoms with van der Waals surface area (Å²) in [6, 6.07) is 11.1. The number of hydrogen-bond acceptors (Lipinski definition) is 6. The minimum absolute atomic E-state index is 0.448. The molecule has 0 bridgehead atoms. The second-order valence-corrected chi connectivity index (χ2v) is 6.38. The second-order valence-electron chi connectivity index (χ2n) is 5.47. The summed E-state index contributed by atoms with van der Waals surface area (Å²) < 4.78 is 11.9. The van der Waals surface area contributed by atoms with E-state index in [0.29, 0.717) is 5.75 Å². The first-order valence-electron chi connectivity index (χ1n) is 7.16. The van der Waals surface area contributed by atoms with Gasteiger partial charge in [-0.25, -0.2) is 0 Å². The van der Waals surface area contributed by atoms with Crippen LogP contribution in [0.3, 0.4) is 0 Å². The normalized spacial score (nSPS) is 31.3. The Kier molecular flexibility index (Phi) is 4.86. The van der Waals surface area contributed by atoms with E-state index in [4.69, 9.17) is 9.47 Å². The van der Waals surface area contributed by atoms with E-state index in [0.717, 1.165) is 15.2 Å². The summed E-state index contributed by atoms with van der Waals surface area (Å²) in [6.07, 6.45) is -6.45. The molecule has 0 radical (unpaired) electrons. The first kappa shape index (κ1) is 16.6. The highest BCUT2D eigenvalue weighted by Gasteiger charge is 2.44. The van der Waals surface area contributed by atoms with E-state index in [2.05, 4.69) is 15.9 Å². The maximum Gasteiger partial charge on any atom is 0.229 e. The van der Waals surface area contributed by atoms with Crippen molar-refractivity contribution in [3.05, 3.63) is 40.9 Å². The van der Waals surface area contributed by atoms with Gasteiger partial charge in [-0.2, -0.15) is 0 Å². The lowest BCUT2D eigenvalue weighted by Gasteiger charge is -2.39. The summed E-state index contributed by atoms with van der Waals surface area (Å²) >= 11 is 3.41. The Morgan fingerprint density at radius 2 is 1.65 bits per heavy atom. The lowest BCUT2D eigenvalue weighted by atomic mass is 9.99. The molecule has 1 aliphatic heterocycles. The molecule has 124 valence electrons. The fraction of sp³-hybridized carbons (Fsp3) is 0.375. The Balaban J connectivity index is 1.81. The summed E-state index contributed by atoms with van der Waals surface area (Å²) in [5, 5.41) is 40.6. The van der Waals surface area contributed by atoms with Crippen LogP contribution in [0.2, 0.25) is 0 Å². The molecule has 23 heavy (non-hydrogen) atoms. The van der Waals surface area contributed by atoms with Crippen molar-refractivity contribution in [3.63, 3.8) is 0 Å². The largest absolute Gasteiger partial charge is 0.462 e. The van der Waals surface area contributed by atoms with E-state index in [1.54, 1.807) is 12.1 Å². The predicted molar refractivity (Wildman–Crippen MR) is 86.0 cm³/mol. The van der Waals surface area contributed by atoms with Gasteiger partial charge in [0, 0.05) is 4.47 Å². The molecule has 2 aromatic rings. The zero-order chi connectivity index (χ0) is 16.6. The Morgan fingerprint density at radius 3 is 2.39 bits per heavy atom. The van der Waals surface area contributed by atoms with Gasteiger partial charge in [0.2, 0.25) is 6.29 Å². The van der Waals surface area contributed by atoms with Crippen LogP contribution < -0.4 is 4.74 Å². The van der Waals surface area contributed by atoms with Crippen molar-refractivity contribution in [2.24, 2.45) is 0 Å². The molecule has 0 spiro atoms. The van der Waals surface area contributed by atoms with Crippen LogP contribution in [0, 0.1) is 0 Å². The van der Waals surface area contributed by atoms with Crippen LogP contribution in [0.15, 0.2) is 40.9 Å². The summed E-state index contributed by atoms with van der Waals surface area (Å²) in [7, 11) is 0. The lowest BCUT2D eigenvalue weighted by Crippen LogP contribution is -2.60. The SMILES string of the molecule is OC[C@@H]1O[C@@H](Oc2ccc3cc(Br)ccc3c2)[C@@H](O)[C@@H](O)[C@H]1O. The Labute approximate surface area is 141 Å². The Hall–Kier alpha value is -1.22. The molecule has 1 saturated heterocycles. The average molecular weight is 385 g/mol. The van der Waals surface area contributed by atoms with Gasteiger partial charge < -0.3 is 29.9 Å². The van der Waals surface area contributed by atoms with Gasteiger partial charge in [0.1, 0.15) is 30.2 Å². The Morgan fingerprint density at radius 1 is 0.957 bits per heavy atom. The smallest absolute Gasteiger partial charge is 0.229 e. The van der Waals surface area contributed by atoms with Gasteiger partial charge in [-0.15, -0.1) is 0 Å².